The van der Waals surface area contributed by atoms with Gasteiger partial charge in [-0.3, -0.25) is 0 Å². The number of nitriles is 1. The molecule has 2 aromatic rings. The van der Waals surface area contributed by atoms with Crippen LogP contribution in [0.4, 0.5) is 11.4 Å². The fourth-order valence-electron chi connectivity index (χ4n) is 2.33. The number of halogens is 1. The minimum atomic E-state index is 0.636. The number of nitrogen functional groups attached to an aromatic ring is 1. The maximum absolute atomic E-state index is 9.30. The Morgan fingerprint density at radius 1 is 1.24 bits per heavy atom. The van der Waals surface area contributed by atoms with Crippen LogP contribution in [0.15, 0.2) is 42.5 Å². The van der Waals surface area contributed by atoms with E-state index in [0.29, 0.717) is 17.1 Å². The van der Waals surface area contributed by atoms with Gasteiger partial charge in [0, 0.05) is 23.8 Å². The molecule has 0 atom stereocenters. The molecule has 21 heavy (non-hydrogen) atoms. The van der Waals surface area contributed by atoms with Crippen LogP contribution in [0, 0.1) is 11.3 Å². The summed E-state index contributed by atoms with van der Waals surface area (Å²) in [5.74, 6) is 0. The maximum Gasteiger partial charge on any atom is 0.101 e. The van der Waals surface area contributed by atoms with Crippen LogP contribution in [0.1, 0.15) is 24.5 Å². The summed E-state index contributed by atoms with van der Waals surface area (Å²) in [6.45, 7) is 3.67. The number of nitrogens with two attached hydrogens (primary N) is 1. The SMILES string of the molecule is CCCN(Cc1cccc(N)c1)c1cc(Cl)ccc1C#N. The van der Waals surface area contributed by atoms with Crippen LogP contribution in [0.3, 0.4) is 0 Å². The molecular weight excluding hydrogens is 282 g/mol. The van der Waals surface area contributed by atoms with Crippen molar-refractivity contribution < 1.29 is 0 Å². The van der Waals surface area contributed by atoms with Crippen molar-refractivity contribution in [2.45, 2.75) is 19.9 Å². The summed E-state index contributed by atoms with van der Waals surface area (Å²) in [6.07, 6.45) is 0.986. The average Bonchev–Trinajstić information content (AvgIpc) is 2.47. The maximum atomic E-state index is 9.30. The lowest BCUT2D eigenvalue weighted by molar-refractivity contribution is 0.766. The zero-order valence-corrected chi connectivity index (χ0v) is 12.8. The fourth-order valence-corrected chi connectivity index (χ4v) is 2.49. The van der Waals surface area contributed by atoms with Crippen LogP contribution in [-0.4, -0.2) is 6.54 Å². The van der Waals surface area contributed by atoms with Gasteiger partial charge in [0.05, 0.1) is 11.3 Å². The molecule has 0 aliphatic heterocycles. The van der Waals surface area contributed by atoms with Crippen molar-refractivity contribution in [3.63, 3.8) is 0 Å². The molecule has 108 valence electrons. The third-order valence-electron chi connectivity index (χ3n) is 3.24. The standard InChI is InChI=1S/C17H18ClN3/c1-2-8-21(12-13-4-3-5-16(20)9-13)17-10-15(18)7-6-14(17)11-19/h3-7,9-10H,2,8,12,20H2,1H3. The molecular formula is C17H18ClN3. The largest absolute Gasteiger partial charge is 0.399 e. The van der Waals surface area contributed by atoms with Crippen LogP contribution in [0.25, 0.3) is 0 Å². The van der Waals surface area contributed by atoms with E-state index >= 15 is 0 Å². The quantitative estimate of drug-likeness (QED) is 0.841. The van der Waals surface area contributed by atoms with E-state index in [1.54, 1.807) is 12.1 Å². The fraction of sp³-hybridized carbons (Fsp3) is 0.235. The molecule has 0 heterocycles. The monoisotopic (exact) mass is 299 g/mol. The van der Waals surface area contributed by atoms with E-state index in [0.717, 1.165) is 29.9 Å². The predicted octanol–water partition coefficient (Wildman–Crippen LogP) is 4.21. The lowest BCUT2D eigenvalue weighted by Crippen LogP contribution is -2.24. The minimum Gasteiger partial charge on any atom is -0.399 e. The van der Waals surface area contributed by atoms with E-state index in [1.807, 2.05) is 30.3 Å². The molecule has 2 N–H and O–H groups in total. The van der Waals surface area contributed by atoms with Crippen molar-refractivity contribution in [1.29, 1.82) is 5.26 Å². The minimum absolute atomic E-state index is 0.636. The first-order valence-electron chi connectivity index (χ1n) is 6.93. The molecule has 0 radical (unpaired) electrons. The third-order valence-corrected chi connectivity index (χ3v) is 3.47. The van der Waals surface area contributed by atoms with Crippen molar-refractivity contribution in [2.24, 2.45) is 0 Å². The van der Waals surface area contributed by atoms with E-state index in [4.69, 9.17) is 17.3 Å². The molecule has 4 heteroatoms. The highest BCUT2D eigenvalue weighted by Gasteiger charge is 2.12. The van der Waals surface area contributed by atoms with Gasteiger partial charge in [-0.1, -0.05) is 30.7 Å². The second kappa shape index (κ2) is 7.01. The third kappa shape index (κ3) is 3.90. The van der Waals surface area contributed by atoms with Gasteiger partial charge in [0.25, 0.3) is 0 Å². The normalized spacial score (nSPS) is 10.1. The van der Waals surface area contributed by atoms with Crippen molar-refractivity contribution in [3.05, 3.63) is 58.6 Å². The number of hydrogen-bond donors (Lipinski definition) is 1. The summed E-state index contributed by atoms with van der Waals surface area (Å²) in [7, 11) is 0. The molecule has 0 saturated heterocycles. The van der Waals surface area contributed by atoms with Crippen LogP contribution >= 0.6 is 11.6 Å². The zero-order valence-electron chi connectivity index (χ0n) is 12.0. The Morgan fingerprint density at radius 2 is 2.05 bits per heavy atom. The molecule has 2 rings (SSSR count). The average molecular weight is 300 g/mol. The second-order valence-electron chi connectivity index (χ2n) is 4.94. The first kappa shape index (κ1) is 15.2. The number of benzene rings is 2. The van der Waals surface area contributed by atoms with Gasteiger partial charge in [0.2, 0.25) is 0 Å². The molecule has 0 amide bonds. The molecule has 3 nitrogen and oxygen atoms in total. The lowest BCUT2D eigenvalue weighted by atomic mass is 10.1. The Kier molecular flexibility index (Phi) is 5.08. The molecule has 2 aromatic carbocycles. The highest BCUT2D eigenvalue weighted by atomic mass is 35.5. The van der Waals surface area contributed by atoms with Gasteiger partial charge in [0.15, 0.2) is 0 Å². The van der Waals surface area contributed by atoms with Gasteiger partial charge in [-0.15, -0.1) is 0 Å². The lowest BCUT2D eigenvalue weighted by Gasteiger charge is -2.25. The van der Waals surface area contributed by atoms with E-state index in [9.17, 15) is 5.26 Å². The van der Waals surface area contributed by atoms with Gasteiger partial charge in [-0.05, 0) is 42.3 Å². The Bertz CT molecular complexity index is 661. The van der Waals surface area contributed by atoms with Crippen LogP contribution < -0.4 is 10.6 Å². The van der Waals surface area contributed by atoms with Crippen molar-refractivity contribution in [2.75, 3.05) is 17.2 Å². The van der Waals surface area contributed by atoms with Gasteiger partial charge in [-0.2, -0.15) is 5.26 Å². The first-order valence-corrected chi connectivity index (χ1v) is 7.31. The van der Waals surface area contributed by atoms with Gasteiger partial charge < -0.3 is 10.6 Å². The van der Waals surface area contributed by atoms with E-state index in [-0.39, 0.29) is 0 Å². The smallest absolute Gasteiger partial charge is 0.101 e. The highest BCUT2D eigenvalue weighted by Crippen LogP contribution is 2.26. The summed E-state index contributed by atoms with van der Waals surface area (Å²) in [4.78, 5) is 2.17. The topological polar surface area (TPSA) is 53.0 Å². The van der Waals surface area contributed by atoms with Gasteiger partial charge in [-0.25, -0.2) is 0 Å². The molecule has 0 spiro atoms. The summed E-state index contributed by atoms with van der Waals surface area (Å²) in [6, 6.07) is 15.4. The van der Waals surface area contributed by atoms with E-state index in [1.165, 1.54) is 0 Å². The van der Waals surface area contributed by atoms with Crippen LogP contribution in [0.2, 0.25) is 5.02 Å². The summed E-state index contributed by atoms with van der Waals surface area (Å²) < 4.78 is 0. The van der Waals surface area contributed by atoms with Crippen molar-refractivity contribution in [1.82, 2.24) is 0 Å². The molecule has 0 saturated carbocycles. The highest BCUT2D eigenvalue weighted by molar-refractivity contribution is 6.30. The Balaban J connectivity index is 2.35. The number of nitrogens with zero attached hydrogens (tertiary/aromatic N) is 2. The van der Waals surface area contributed by atoms with E-state index < -0.39 is 0 Å². The van der Waals surface area contributed by atoms with Crippen LogP contribution in [0.5, 0.6) is 0 Å². The Labute approximate surface area is 130 Å². The molecule has 0 bridgehead atoms. The predicted molar refractivity (Wildman–Crippen MR) is 88.4 cm³/mol. The molecule has 0 aliphatic rings. The Hall–Kier alpha value is -2.18. The first-order chi connectivity index (χ1) is 10.1. The molecule has 0 fully saturated rings. The summed E-state index contributed by atoms with van der Waals surface area (Å²) in [5, 5.41) is 9.93. The second-order valence-corrected chi connectivity index (χ2v) is 5.38. The van der Waals surface area contributed by atoms with Crippen LogP contribution in [-0.2, 0) is 6.54 Å². The zero-order chi connectivity index (χ0) is 15.2. The number of rotatable bonds is 5. The molecule has 0 unspecified atom stereocenters. The summed E-state index contributed by atoms with van der Waals surface area (Å²) >= 11 is 6.09. The summed E-state index contributed by atoms with van der Waals surface area (Å²) in [5.41, 5.74) is 9.20. The van der Waals surface area contributed by atoms with Gasteiger partial charge in [0.1, 0.15) is 6.07 Å². The number of hydrogen-bond acceptors (Lipinski definition) is 3. The molecule has 0 aromatic heterocycles. The molecule has 0 aliphatic carbocycles. The van der Waals surface area contributed by atoms with Crippen molar-refractivity contribution in [3.8, 4) is 6.07 Å². The van der Waals surface area contributed by atoms with Crippen molar-refractivity contribution >= 4 is 23.0 Å². The Morgan fingerprint density at radius 3 is 2.71 bits per heavy atom. The number of anilines is 2. The van der Waals surface area contributed by atoms with Gasteiger partial charge >= 0.3 is 0 Å². The van der Waals surface area contributed by atoms with E-state index in [2.05, 4.69) is 17.9 Å².